The van der Waals surface area contributed by atoms with Gasteiger partial charge in [0.15, 0.2) is 0 Å². The first kappa shape index (κ1) is 7.56. The maximum absolute atomic E-state index is 3.82. The maximum atomic E-state index is 3.82. The molecule has 0 radical (unpaired) electrons. The first-order valence-electron chi connectivity index (χ1n) is 4.30. The lowest BCUT2D eigenvalue weighted by atomic mass is 9.99. The number of benzene rings is 1. The Balaban J connectivity index is 2.60. The van der Waals surface area contributed by atoms with E-state index in [2.05, 4.69) is 37.0 Å². The minimum atomic E-state index is 0.481. The summed E-state index contributed by atoms with van der Waals surface area (Å²) in [5.41, 5.74) is 4.11. The fraction of sp³-hybridized carbons (Fsp3) is 0.273. The third kappa shape index (κ3) is 0.978. The Morgan fingerprint density at radius 3 is 3.17 bits per heavy atom. The summed E-state index contributed by atoms with van der Waals surface area (Å²) in [6.45, 7) is 7.01. The summed E-state index contributed by atoms with van der Waals surface area (Å²) in [5, 5.41) is 3.41. The smallest absolute Gasteiger partial charge is 0.0304 e. The van der Waals surface area contributed by atoms with Gasteiger partial charge in [-0.1, -0.05) is 30.9 Å². The molecular weight excluding hydrogens is 146 g/mol. The molecule has 1 nitrogen and oxygen atoms in total. The van der Waals surface area contributed by atoms with Gasteiger partial charge in [-0.15, -0.1) is 0 Å². The van der Waals surface area contributed by atoms with Gasteiger partial charge in [0.05, 0.1) is 0 Å². The first-order chi connectivity index (χ1) is 5.83. The number of fused-ring (bicyclic) bond motifs is 1. The topological polar surface area (TPSA) is 12.0 Å². The predicted molar refractivity (Wildman–Crippen MR) is 51.8 cm³/mol. The van der Waals surface area contributed by atoms with Crippen LogP contribution in [0.15, 0.2) is 24.8 Å². The minimum Gasteiger partial charge on any atom is -0.306 e. The maximum Gasteiger partial charge on any atom is 0.0304 e. The molecule has 0 fully saturated rings. The van der Waals surface area contributed by atoms with Crippen LogP contribution >= 0.6 is 0 Å². The van der Waals surface area contributed by atoms with E-state index in [4.69, 9.17) is 0 Å². The van der Waals surface area contributed by atoms with Gasteiger partial charge in [-0.25, -0.2) is 0 Å². The molecule has 1 heterocycles. The molecule has 1 aliphatic heterocycles. The Kier molecular flexibility index (Phi) is 1.74. The highest BCUT2D eigenvalue weighted by Crippen LogP contribution is 2.28. The van der Waals surface area contributed by atoms with Crippen LogP contribution in [0.2, 0.25) is 0 Å². The molecule has 1 aliphatic rings. The van der Waals surface area contributed by atoms with Crippen molar-refractivity contribution in [2.24, 2.45) is 0 Å². The normalized spacial score (nSPS) is 20.6. The van der Waals surface area contributed by atoms with Crippen molar-refractivity contribution in [3.05, 3.63) is 41.5 Å². The molecule has 0 aromatic heterocycles. The molecule has 0 saturated heterocycles. The molecule has 1 heteroatoms. The lowest BCUT2D eigenvalue weighted by Crippen LogP contribution is -2.07. The second-order valence-corrected chi connectivity index (χ2v) is 3.23. The van der Waals surface area contributed by atoms with E-state index in [9.17, 15) is 0 Å². The van der Waals surface area contributed by atoms with Gasteiger partial charge in [-0.3, -0.25) is 0 Å². The molecule has 1 N–H and O–H groups in total. The number of rotatable bonds is 1. The van der Waals surface area contributed by atoms with Gasteiger partial charge < -0.3 is 5.32 Å². The van der Waals surface area contributed by atoms with Crippen LogP contribution in [0.4, 0.5) is 0 Å². The van der Waals surface area contributed by atoms with Crippen molar-refractivity contribution in [1.29, 1.82) is 0 Å². The lowest BCUT2D eigenvalue weighted by Gasteiger charge is -2.07. The largest absolute Gasteiger partial charge is 0.306 e. The summed E-state index contributed by atoms with van der Waals surface area (Å²) < 4.78 is 0. The van der Waals surface area contributed by atoms with E-state index in [1.54, 1.807) is 0 Å². The van der Waals surface area contributed by atoms with Crippen LogP contribution in [0.25, 0.3) is 6.08 Å². The fourth-order valence-electron chi connectivity index (χ4n) is 1.86. The molecule has 12 heavy (non-hydrogen) atoms. The second-order valence-electron chi connectivity index (χ2n) is 3.23. The summed E-state index contributed by atoms with van der Waals surface area (Å²) in [4.78, 5) is 0. The van der Waals surface area contributed by atoms with Gasteiger partial charge in [-0.05, 0) is 23.6 Å². The molecule has 2 rings (SSSR count). The Morgan fingerprint density at radius 2 is 2.42 bits per heavy atom. The van der Waals surface area contributed by atoms with Crippen molar-refractivity contribution < 1.29 is 0 Å². The van der Waals surface area contributed by atoms with E-state index in [1.165, 1.54) is 16.7 Å². The molecule has 1 unspecified atom stereocenters. The zero-order valence-corrected chi connectivity index (χ0v) is 7.30. The average molecular weight is 159 g/mol. The van der Waals surface area contributed by atoms with Crippen molar-refractivity contribution in [2.75, 3.05) is 0 Å². The molecule has 62 valence electrons. The molecule has 0 saturated carbocycles. The average Bonchev–Trinajstić information content (AvgIpc) is 2.48. The highest BCUT2D eigenvalue weighted by atomic mass is 14.9. The first-order valence-corrected chi connectivity index (χ1v) is 4.30. The van der Waals surface area contributed by atoms with Crippen molar-refractivity contribution in [1.82, 2.24) is 5.32 Å². The van der Waals surface area contributed by atoms with E-state index in [-0.39, 0.29) is 0 Å². The third-order valence-corrected chi connectivity index (χ3v) is 2.48. The monoisotopic (exact) mass is 159 g/mol. The zero-order chi connectivity index (χ0) is 8.55. The summed E-state index contributed by atoms with van der Waals surface area (Å²) >= 11 is 0. The molecular formula is C11H13N. The molecule has 0 spiro atoms. The van der Waals surface area contributed by atoms with Crippen LogP contribution in [-0.2, 0) is 6.54 Å². The van der Waals surface area contributed by atoms with E-state index in [0.29, 0.717) is 6.04 Å². The van der Waals surface area contributed by atoms with Crippen molar-refractivity contribution in [2.45, 2.75) is 19.5 Å². The van der Waals surface area contributed by atoms with Gasteiger partial charge in [0.25, 0.3) is 0 Å². The molecule has 1 aromatic carbocycles. The Bertz CT molecular complexity index is 315. The highest BCUT2D eigenvalue weighted by Gasteiger charge is 2.18. The van der Waals surface area contributed by atoms with E-state index in [1.807, 2.05) is 6.08 Å². The van der Waals surface area contributed by atoms with Crippen LogP contribution < -0.4 is 5.32 Å². The quantitative estimate of drug-likeness (QED) is 0.663. The van der Waals surface area contributed by atoms with Crippen LogP contribution in [0.1, 0.15) is 29.7 Å². The summed E-state index contributed by atoms with van der Waals surface area (Å²) in [6, 6.07) is 6.87. The van der Waals surface area contributed by atoms with Gasteiger partial charge in [-0.2, -0.15) is 0 Å². The Morgan fingerprint density at radius 1 is 1.58 bits per heavy atom. The Labute approximate surface area is 73.1 Å². The van der Waals surface area contributed by atoms with Crippen LogP contribution in [0.3, 0.4) is 0 Å². The van der Waals surface area contributed by atoms with E-state index in [0.717, 1.165) is 6.54 Å². The summed E-state index contributed by atoms with van der Waals surface area (Å²) in [5.74, 6) is 0. The molecule has 0 aliphatic carbocycles. The summed E-state index contributed by atoms with van der Waals surface area (Å²) in [6.07, 6.45) is 1.93. The molecule has 1 aromatic rings. The van der Waals surface area contributed by atoms with Crippen molar-refractivity contribution >= 4 is 6.08 Å². The van der Waals surface area contributed by atoms with E-state index < -0.39 is 0 Å². The van der Waals surface area contributed by atoms with Gasteiger partial charge in [0, 0.05) is 12.6 Å². The standard InChI is InChI=1S/C11H13N/c1-3-9-5-4-6-10-7-12-8(2)11(9)10/h3-6,8,12H,1,7H2,2H3. The molecule has 0 amide bonds. The number of hydrogen-bond acceptors (Lipinski definition) is 1. The number of hydrogen-bond donors (Lipinski definition) is 1. The SMILES string of the molecule is C=Cc1cccc2c1C(C)NC2. The van der Waals surface area contributed by atoms with Crippen LogP contribution in [0.5, 0.6) is 0 Å². The summed E-state index contributed by atoms with van der Waals surface area (Å²) in [7, 11) is 0. The van der Waals surface area contributed by atoms with Crippen LogP contribution in [0, 0.1) is 0 Å². The van der Waals surface area contributed by atoms with Gasteiger partial charge in [0.1, 0.15) is 0 Å². The van der Waals surface area contributed by atoms with Crippen molar-refractivity contribution in [3.8, 4) is 0 Å². The van der Waals surface area contributed by atoms with Crippen molar-refractivity contribution in [3.63, 3.8) is 0 Å². The predicted octanol–water partition coefficient (Wildman–Crippen LogP) is 2.49. The second kappa shape index (κ2) is 2.76. The third-order valence-electron chi connectivity index (χ3n) is 2.48. The van der Waals surface area contributed by atoms with Gasteiger partial charge >= 0.3 is 0 Å². The van der Waals surface area contributed by atoms with E-state index >= 15 is 0 Å². The lowest BCUT2D eigenvalue weighted by molar-refractivity contribution is 0.633. The van der Waals surface area contributed by atoms with Gasteiger partial charge in [0.2, 0.25) is 0 Å². The molecule has 1 atom stereocenters. The minimum absolute atomic E-state index is 0.481. The number of nitrogens with one attached hydrogen (secondary N) is 1. The fourth-order valence-corrected chi connectivity index (χ4v) is 1.86. The van der Waals surface area contributed by atoms with Crippen LogP contribution in [-0.4, -0.2) is 0 Å². The highest BCUT2D eigenvalue weighted by molar-refractivity contribution is 5.56. The molecule has 0 bridgehead atoms. The zero-order valence-electron chi connectivity index (χ0n) is 7.30. The Hall–Kier alpha value is -1.08.